The average molecular weight is 571 g/mol. The number of nitrogens with one attached hydrogen (secondary N) is 1. The number of nitrogens with two attached hydrogens (primary N) is 1. The van der Waals surface area contributed by atoms with Crippen molar-refractivity contribution in [3.8, 4) is 5.75 Å². The van der Waals surface area contributed by atoms with Crippen LogP contribution in [0.4, 0.5) is 16.0 Å². The lowest BCUT2D eigenvalue weighted by Gasteiger charge is -2.35. The third-order valence-electron chi connectivity index (χ3n) is 7.81. The molecular formula is C27H32ClFN8O3. The van der Waals surface area contributed by atoms with Gasteiger partial charge in [0.15, 0.2) is 23.9 Å². The number of hydrogen-bond acceptors (Lipinski definition) is 8. The van der Waals surface area contributed by atoms with Crippen molar-refractivity contribution in [2.75, 3.05) is 56.2 Å². The van der Waals surface area contributed by atoms with Crippen molar-refractivity contribution in [2.24, 2.45) is 5.73 Å². The number of halogens is 2. The number of carbonyl (C=O) groups excluding carboxylic acids is 2. The minimum absolute atomic E-state index is 0.0517. The molecule has 5 heterocycles. The number of nitrogens with zero attached hydrogens (tertiary/aromatic N) is 6. The number of piperidine rings is 1. The maximum atomic E-state index is 16.2. The van der Waals surface area contributed by atoms with E-state index < -0.39 is 5.82 Å². The number of fused-ring (bicyclic) bond motifs is 4. The molecule has 0 aliphatic carbocycles. The van der Waals surface area contributed by atoms with Gasteiger partial charge in [-0.25, -0.2) is 4.98 Å². The summed E-state index contributed by atoms with van der Waals surface area (Å²) in [5, 5.41) is 8.00. The van der Waals surface area contributed by atoms with Crippen molar-refractivity contribution >= 4 is 40.7 Å². The van der Waals surface area contributed by atoms with E-state index in [-0.39, 0.29) is 60.0 Å². The molecule has 3 aromatic rings. The minimum atomic E-state index is -0.505. The number of ether oxygens (including phenoxy) is 1. The summed E-state index contributed by atoms with van der Waals surface area (Å²) < 4.78 is 23.5. The van der Waals surface area contributed by atoms with Gasteiger partial charge in [-0.3, -0.25) is 9.59 Å². The minimum Gasteiger partial charge on any atom is -0.483 e. The predicted molar refractivity (Wildman–Crippen MR) is 149 cm³/mol. The summed E-state index contributed by atoms with van der Waals surface area (Å²) in [6.45, 7) is 1.90. The molecule has 1 aromatic carbocycles. The number of carbonyl (C=O) groups is 2. The summed E-state index contributed by atoms with van der Waals surface area (Å²) in [4.78, 5) is 36.5. The van der Waals surface area contributed by atoms with Gasteiger partial charge >= 0.3 is 0 Å². The van der Waals surface area contributed by atoms with E-state index in [0.717, 1.165) is 19.3 Å². The molecule has 6 rings (SSSR count). The van der Waals surface area contributed by atoms with Crippen molar-refractivity contribution in [1.82, 2.24) is 24.8 Å². The number of benzene rings is 1. The van der Waals surface area contributed by atoms with Crippen LogP contribution in [0, 0.1) is 5.82 Å². The molecule has 3 N–H and O–H groups in total. The van der Waals surface area contributed by atoms with Gasteiger partial charge in [-0.2, -0.15) is 14.0 Å². The molecule has 2 amide bonds. The molecule has 1 unspecified atom stereocenters. The van der Waals surface area contributed by atoms with E-state index in [0.29, 0.717) is 49.0 Å². The lowest BCUT2D eigenvalue weighted by Crippen LogP contribution is -2.39. The topological polar surface area (TPSA) is 121 Å². The van der Waals surface area contributed by atoms with Crippen LogP contribution in [-0.4, -0.2) is 83.7 Å². The van der Waals surface area contributed by atoms with Crippen molar-refractivity contribution in [1.29, 1.82) is 0 Å². The molecule has 13 heteroatoms. The number of rotatable bonds is 1. The first-order valence-electron chi connectivity index (χ1n) is 13.6. The summed E-state index contributed by atoms with van der Waals surface area (Å²) in [7, 11) is 1.75. The summed E-state index contributed by atoms with van der Waals surface area (Å²) in [5.41, 5.74) is 7.51. The molecule has 11 nitrogen and oxygen atoms in total. The van der Waals surface area contributed by atoms with Gasteiger partial charge in [0.1, 0.15) is 5.75 Å². The Bertz CT molecular complexity index is 1470. The Hall–Kier alpha value is -3.64. The van der Waals surface area contributed by atoms with Crippen LogP contribution >= 0.6 is 11.6 Å². The van der Waals surface area contributed by atoms with Gasteiger partial charge in [-0.1, -0.05) is 11.6 Å². The normalized spacial score (nSPS) is 22.4. The fourth-order valence-corrected chi connectivity index (χ4v) is 5.92. The molecular weight excluding hydrogens is 539 g/mol. The molecule has 2 atom stereocenters. The van der Waals surface area contributed by atoms with E-state index in [9.17, 15) is 9.59 Å². The maximum absolute atomic E-state index is 16.2. The smallest absolute Gasteiger partial charge is 0.258 e. The summed E-state index contributed by atoms with van der Waals surface area (Å²) in [5.74, 6) is -0.394. The van der Waals surface area contributed by atoms with E-state index in [1.165, 1.54) is 4.52 Å². The highest BCUT2D eigenvalue weighted by Gasteiger charge is 2.34. The van der Waals surface area contributed by atoms with Crippen LogP contribution in [0.25, 0.3) is 5.65 Å². The second kappa shape index (κ2) is 10.7. The van der Waals surface area contributed by atoms with Gasteiger partial charge in [0, 0.05) is 56.9 Å². The van der Waals surface area contributed by atoms with Crippen LogP contribution < -0.4 is 25.6 Å². The molecule has 3 aliphatic rings. The highest BCUT2D eigenvalue weighted by Crippen LogP contribution is 2.36. The molecule has 0 saturated carbocycles. The summed E-state index contributed by atoms with van der Waals surface area (Å²) >= 11 is 6.27. The molecule has 2 aromatic heterocycles. The quantitative estimate of drug-likeness (QED) is 0.457. The highest BCUT2D eigenvalue weighted by atomic mass is 35.5. The monoisotopic (exact) mass is 570 g/mol. The Labute approximate surface area is 236 Å². The molecule has 0 radical (unpaired) electrons. The molecule has 212 valence electrons. The second-order valence-corrected chi connectivity index (χ2v) is 11.1. The van der Waals surface area contributed by atoms with Crippen LogP contribution in [0.15, 0.2) is 24.3 Å². The number of anilines is 2. The lowest BCUT2D eigenvalue weighted by atomic mass is 9.98. The van der Waals surface area contributed by atoms with Crippen molar-refractivity contribution in [3.05, 3.63) is 46.4 Å². The zero-order chi connectivity index (χ0) is 28.0. The van der Waals surface area contributed by atoms with Crippen LogP contribution in [0.3, 0.4) is 0 Å². The third kappa shape index (κ3) is 4.90. The highest BCUT2D eigenvalue weighted by molar-refractivity contribution is 6.31. The first-order chi connectivity index (χ1) is 19.3. The Morgan fingerprint density at radius 3 is 2.80 bits per heavy atom. The Morgan fingerprint density at radius 2 is 2.00 bits per heavy atom. The Kier molecular flexibility index (Phi) is 7.13. The standard InChI is InChI=1S/C27H32ClFN8O3/c1-34-11-8-31-23(38)15-40-21-6-5-16(28)12-18(21)27(39)36-9-3-2-4-20(36)19-13-22-32-25(35-10-7-17(30)14-35)24(29)26(34)37(22)33-19/h5-6,12-13,17,20H,2-4,7-11,14-15,30H2,1H3,(H,31,38)/t17-,20?/m0/s1. The summed E-state index contributed by atoms with van der Waals surface area (Å²) in [6.07, 6.45) is 3.18. The fraction of sp³-hybridized carbons (Fsp3) is 0.481. The summed E-state index contributed by atoms with van der Waals surface area (Å²) in [6, 6.07) is 6.23. The molecule has 3 aliphatic heterocycles. The van der Waals surface area contributed by atoms with Crippen LogP contribution in [0.1, 0.15) is 47.8 Å². The number of aromatic nitrogens is 3. The first-order valence-corrected chi connectivity index (χ1v) is 14.0. The van der Waals surface area contributed by atoms with Crippen molar-refractivity contribution < 1.29 is 18.7 Å². The van der Waals surface area contributed by atoms with Gasteiger partial charge in [-0.05, 0) is 43.9 Å². The Morgan fingerprint density at radius 1 is 1.15 bits per heavy atom. The SMILES string of the molecule is CN1CCNC(=O)COc2ccc(Cl)cc2C(=O)N2CCCCC2c2cc3nc(N4CC[C@H](N)C4)c(F)c1n3n2. The van der Waals surface area contributed by atoms with Crippen LogP contribution in [0.5, 0.6) is 5.75 Å². The number of hydrogen-bond donors (Lipinski definition) is 2. The zero-order valence-corrected chi connectivity index (χ0v) is 23.0. The lowest BCUT2D eigenvalue weighted by molar-refractivity contribution is -0.123. The van der Waals surface area contributed by atoms with E-state index in [1.807, 2.05) is 11.0 Å². The van der Waals surface area contributed by atoms with Gasteiger partial charge in [0.2, 0.25) is 5.82 Å². The third-order valence-corrected chi connectivity index (χ3v) is 8.05. The van der Waals surface area contributed by atoms with Gasteiger partial charge in [0.25, 0.3) is 11.8 Å². The molecule has 2 fully saturated rings. The predicted octanol–water partition coefficient (Wildman–Crippen LogP) is 2.37. The molecule has 40 heavy (non-hydrogen) atoms. The molecule has 0 spiro atoms. The van der Waals surface area contributed by atoms with E-state index in [2.05, 4.69) is 10.3 Å². The largest absolute Gasteiger partial charge is 0.483 e. The number of amides is 2. The average Bonchev–Trinajstić information content (AvgIpc) is 3.57. The van der Waals surface area contributed by atoms with Crippen LogP contribution in [0.2, 0.25) is 5.02 Å². The maximum Gasteiger partial charge on any atom is 0.258 e. The van der Waals surface area contributed by atoms with Crippen molar-refractivity contribution in [2.45, 2.75) is 37.8 Å². The Balaban J connectivity index is 1.49. The van der Waals surface area contributed by atoms with Gasteiger partial charge < -0.3 is 30.5 Å². The number of likely N-dealkylation sites (N-methyl/N-ethyl adjacent to an activating group) is 1. The van der Waals surface area contributed by atoms with E-state index >= 15 is 4.39 Å². The van der Waals surface area contributed by atoms with Crippen molar-refractivity contribution in [3.63, 3.8) is 0 Å². The molecule has 2 bridgehead atoms. The second-order valence-electron chi connectivity index (χ2n) is 10.6. The first kappa shape index (κ1) is 26.6. The zero-order valence-electron chi connectivity index (χ0n) is 22.3. The fourth-order valence-electron chi connectivity index (χ4n) is 5.75. The van der Waals surface area contributed by atoms with Gasteiger partial charge in [0.05, 0.1) is 17.3 Å². The van der Waals surface area contributed by atoms with E-state index in [4.69, 9.17) is 27.2 Å². The molecule has 2 saturated heterocycles. The van der Waals surface area contributed by atoms with Gasteiger partial charge in [-0.15, -0.1) is 0 Å². The van der Waals surface area contributed by atoms with E-state index in [1.54, 1.807) is 35.0 Å². The van der Waals surface area contributed by atoms with Crippen LogP contribution in [-0.2, 0) is 4.79 Å².